The second kappa shape index (κ2) is 6.45. The molecule has 0 aromatic carbocycles. The number of likely N-dealkylation sites (tertiary alicyclic amines) is 1. The largest absolute Gasteiger partial charge is 0.391 e. The molecule has 18 heavy (non-hydrogen) atoms. The van der Waals surface area contributed by atoms with Gasteiger partial charge in [-0.2, -0.15) is 0 Å². The van der Waals surface area contributed by atoms with E-state index in [2.05, 4.69) is 4.90 Å². The Kier molecular flexibility index (Phi) is 4.91. The fourth-order valence-electron chi connectivity index (χ4n) is 2.45. The summed E-state index contributed by atoms with van der Waals surface area (Å²) in [6, 6.07) is 0. The van der Waals surface area contributed by atoms with E-state index in [1.54, 1.807) is 0 Å². The summed E-state index contributed by atoms with van der Waals surface area (Å²) >= 11 is 4.94. The average Bonchev–Trinajstić information content (AvgIpc) is 2.40. The van der Waals surface area contributed by atoms with Crippen molar-refractivity contribution in [2.45, 2.75) is 25.4 Å². The van der Waals surface area contributed by atoms with Crippen molar-refractivity contribution in [1.29, 1.82) is 0 Å². The molecule has 1 atom stereocenters. The molecule has 2 aliphatic rings. The van der Waals surface area contributed by atoms with Crippen molar-refractivity contribution < 1.29 is 9.53 Å². The first-order valence-corrected chi connectivity index (χ1v) is 6.98. The van der Waals surface area contributed by atoms with Crippen LogP contribution in [0.15, 0.2) is 0 Å². The van der Waals surface area contributed by atoms with Crippen LogP contribution >= 0.6 is 12.2 Å². The van der Waals surface area contributed by atoms with Gasteiger partial charge in [-0.1, -0.05) is 12.2 Å². The first-order chi connectivity index (χ1) is 8.66. The van der Waals surface area contributed by atoms with E-state index in [1.807, 2.05) is 4.90 Å². The lowest BCUT2D eigenvalue weighted by atomic mass is 10.1. The van der Waals surface area contributed by atoms with Crippen LogP contribution in [-0.4, -0.2) is 66.1 Å². The molecule has 0 aliphatic carbocycles. The van der Waals surface area contributed by atoms with Gasteiger partial charge in [0.25, 0.3) is 0 Å². The van der Waals surface area contributed by atoms with Crippen LogP contribution in [0.25, 0.3) is 0 Å². The molecule has 0 saturated carbocycles. The number of hydrogen-bond donors (Lipinski definition) is 1. The van der Waals surface area contributed by atoms with E-state index >= 15 is 0 Å². The van der Waals surface area contributed by atoms with Gasteiger partial charge in [-0.05, 0) is 19.3 Å². The summed E-state index contributed by atoms with van der Waals surface area (Å²) in [6.07, 6.45) is 3.29. The van der Waals surface area contributed by atoms with E-state index in [0.717, 1.165) is 32.5 Å². The normalized spacial score (nSPS) is 26.0. The molecule has 2 rings (SSSR count). The topological polar surface area (TPSA) is 58.8 Å². The van der Waals surface area contributed by atoms with E-state index < -0.39 is 0 Å². The minimum atomic E-state index is -0.206. The number of morpholine rings is 1. The number of ether oxygens (including phenoxy) is 1. The Labute approximate surface area is 113 Å². The van der Waals surface area contributed by atoms with Crippen LogP contribution in [0.1, 0.15) is 19.3 Å². The molecule has 6 heteroatoms. The lowest BCUT2D eigenvalue weighted by molar-refractivity contribution is -0.134. The lowest BCUT2D eigenvalue weighted by Gasteiger charge is -2.34. The van der Waals surface area contributed by atoms with Crippen molar-refractivity contribution in [2.24, 2.45) is 5.73 Å². The molecule has 0 bridgehead atoms. The minimum Gasteiger partial charge on any atom is -0.391 e. The number of piperidine rings is 1. The van der Waals surface area contributed by atoms with Crippen LogP contribution in [0.4, 0.5) is 0 Å². The number of nitrogens with two attached hydrogens (primary N) is 1. The molecule has 0 spiro atoms. The van der Waals surface area contributed by atoms with Crippen molar-refractivity contribution in [2.75, 3.05) is 39.3 Å². The highest BCUT2D eigenvalue weighted by Crippen LogP contribution is 2.11. The number of carbonyl (C=O) groups is 1. The molecule has 2 N–H and O–H groups in total. The third kappa shape index (κ3) is 3.63. The van der Waals surface area contributed by atoms with E-state index in [1.165, 1.54) is 6.42 Å². The van der Waals surface area contributed by atoms with Crippen molar-refractivity contribution in [3.05, 3.63) is 0 Å². The van der Waals surface area contributed by atoms with Gasteiger partial charge < -0.3 is 15.4 Å². The summed E-state index contributed by atoms with van der Waals surface area (Å²) < 4.78 is 5.46. The molecule has 102 valence electrons. The van der Waals surface area contributed by atoms with E-state index in [9.17, 15) is 4.79 Å². The van der Waals surface area contributed by atoms with Crippen molar-refractivity contribution >= 4 is 23.1 Å². The Hall–Kier alpha value is -0.720. The third-order valence-electron chi connectivity index (χ3n) is 3.54. The van der Waals surface area contributed by atoms with Gasteiger partial charge in [-0.15, -0.1) is 0 Å². The summed E-state index contributed by atoms with van der Waals surface area (Å²) in [5, 5.41) is 0. The van der Waals surface area contributed by atoms with Crippen LogP contribution in [-0.2, 0) is 9.53 Å². The maximum Gasteiger partial charge on any atom is 0.236 e. The van der Waals surface area contributed by atoms with Gasteiger partial charge in [0.1, 0.15) is 11.1 Å². The zero-order valence-corrected chi connectivity index (χ0v) is 11.5. The zero-order chi connectivity index (χ0) is 13.0. The highest BCUT2D eigenvalue weighted by molar-refractivity contribution is 7.80. The third-order valence-corrected chi connectivity index (χ3v) is 3.80. The predicted octanol–water partition coefficient (Wildman–Crippen LogP) is -0.0142. The molecule has 1 unspecified atom stereocenters. The molecule has 1 amide bonds. The molecule has 2 saturated heterocycles. The van der Waals surface area contributed by atoms with Crippen molar-refractivity contribution in [3.63, 3.8) is 0 Å². The smallest absolute Gasteiger partial charge is 0.236 e. The van der Waals surface area contributed by atoms with Crippen molar-refractivity contribution in [3.8, 4) is 0 Å². The quantitative estimate of drug-likeness (QED) is 0.731. The summed E-state index contributed by atoms with van der Waals surface area (Å²) in [5.41, 5.74) is 5.59. The van der Waals surface area contributed by atoms with Gasteiger partial charge in [0, 0.05) is 26.2 Å². The SMILES string of the molecule is NC(=S)C1CN(CC(=O)N2CCCCC2)CCO1. The maximum absolute atomic E-state index is 12.1. The van der Waals surface area contributed by atoms with Gasteiger partial charge in [-0.25, -0.2) is 0 Å². The highest BCUT2D eigenvalue weighted by atomic mass is 32.1. The number of nitrogens with zero attached hydrogens (tertiary/aromatic N) is 2. The van der Waals surface area contributed by atoms with Gasteiger partial charge in [0.15, 0.2) is 0 Å². The number of hydrogen-bond acceptors (Lipinski definition) is 4. The Bertz CT molecular complexity index is 318. The summed E-state index contributed by atoms with van der Waals surface area (Å²) in [4.78, 5) is 16.6. The van der Waals surface area contributed by atoms with Crippen LogP contribution in [0.3, 0.4) is 0 Å². The predicted molar refractivity (Wildman–Crippen MR) is 73.4 cm³/mol. The van der Waals surface area contributed by atoms with Gasteiger partial charge in [0.05, 0.1) is 13.2 Å². The molecule has 0 aromatic heterocycles. The molecule has 0 aromatic rings. The molecule has 0 radical (unpaired) electrons. The van der Waals surface area contributed by atoms with Crippen molar-refractivity contribution in [1.82, 2.24) is 9.80 Å². The van der Waals surface area contributed by atoms with Crippen LogP contribution in [0.2, 0.25) is 0 Å². The average molecular weight is 271 g/mol. The highest BCUT2D eigenvalue weighted by Gasteiger charge is 2.25. The summed E-state index contributed by atoms with van der Waals surface area (Å²) in [6.45, 7) is 4.27. The van der Waals surface area contributed by atoms with Crippen LogP contribution < -0.4 is 5.73 Å². The number of thiocarbonyl (C=S) groups is 1. The van der Waals surface area contributed by atoms with Gasteiger partial charge >= 0.3 is 0 Å². The second-order valence-corrected chi connectivity index (χ2v) is 5.41. The fraction of sp³-hybridized carbons (Fsp3) is 0.833. The Morgan fingerprint density at radius 1 is 1.28 bits per heavy atom. The first-order valence-electron chi connectivity index (χ1n) is 6.58. The molecule has 2 aliphatic heterocycles. The molecule has 2 fully saturated rings. The lowest BCUT2D eigenvalue weighted by Crippen LogP contribution is -2.51. The maximum atomic E-state index is 12.1. The zero-order valence-electron chi connectivity index (χ0n) is 10.6. The monoisotopic (exact) mass is 271 g/mol. The molecule has 5 nitrogen and oxygen atoms in total. The molecular formula is C12H21N3O2S. The standard InChI is InChI=1S/C12H21N3O2S/c13-12(18)10-8-14(6-7-17-10)9-11(16)15-4-2-1-3-5-15/h10H,1-9H2,(H2,13,18). The minimum absolute atomic E-state index is 0.206. The number of amides is 1. The van der Waals surface area contributed by atoms with E-state index in [-0.39, 0.29) is 12.0 Å². The molecule has 2 heterocycles. The summed E-state index contributed by atoms with van der Waals surface area (Å²) in [5.74, 6) is 0.221. The fourth-order valence-corrected chi connectivity index (χ4v) is 2.60. The van der Waals surface area contributed by atoms with Crippen LogP contribution in [0, 0.1) is 0 Å². The molecular weight excluding hydrogens is 250 g/mol. The van der Waals surface area contributed by atoms with Gasteiger partial charge in [-0.3, -0.25) is 9.69 Å². The van der Waals surface area contributed by atoms with Crippen LogP contribution in [0.5, 0.6) is 0 Å². The Balaban J connectivity index is 1.81. The Morgan fingerprint density at radius 2 is 2.00 bits per heavy atom. The van der Waals surface area contributed by atoms with Gasteiger partial charge in [0.2, 0.25) is 5.91 Å². The first kappa shape index (κ1) is 13.7. The van der Waals surface area contributed by atoms with E-state index in [0.29, 0.717) is 24.7 Å². The second-order valence-electron chi connectivity index (χ2n) is 4.94. The number of rotatable bonds is 3. The van der Waals surface area contributed by atoms with E-state index in [4.69, 9.17) is 22.7 Å². The Morgan fingerprint density at radius 3 is 2.67 bits per heavy atom. The summed E-state index contributed by atoms with van der Waals surface area (Å²) in [7, 11) is 0. The number of carbonyl (C=O) groups excluding carboxylic acids is 1.